The van der Waals surface area contributed by atoms with Gasteiger partial charge in [-0.15, -0.1) is 0 Å². The van der Waals surface area contributed by atoms with Gasteiger partial charge in [0.15, 0.2) is 9.84 Å². The Hall–Kier alpha value is -0.130. The molecule has 3 unspecified atom stereocenters. The molecule has 0 radical (unpaired) electrons. The lowest BCUT2D eigenvalue weighted by molar-refractivity contribution is 0.104. The topological polar surface area (TPSA) is 49.4 Å². The van der Waals surface area contributed by atoms with E-state index in [4.69, 9.17) is 0 Å². The van der Waals surface area contributed by atoms with Gasteiger partial charge in [0.25, 0.3) is 0 Å². The van der Waals surface area contributed by atoms with Crippen LogP contribution in [0.1, 0.15) is 51.9 Å². The molecule has 0 bridgehead atoms. The Balaban J connectivity index is 1.60. The minimum Gasteiger partial charge on any atom is -0.311 e. The van der Waals surface area contributed by atoms with E-state index < -0.39 is 9.84 Å². The van der Waals surface area contributed by atoms with Crippen LogP contribution in [0, 0.1) is 5.92 Å². The summed E-state index contributed by atoms with van der Waals surface area (Å²) in [5, 5.41) is 3.62. The van der Waals surface area contributed by atoms with E-state index >= 15 is 0 Å². The predicted octanol–water partition coefficient (Wildman–Crippen LogP) is 1.81. The fourth-order valence-electron chi connectivity index (χ4n) is 4.38. The molecule has 21 heavy (non-hydrogen) atoms. The second kappa shape index (κ2) is 6.55. The molecule has 0 aromatic heterocycles. The van der Waals surface area contributed by atoms with Gasteiger partial charge in [-0.3, -0.25) is 4.90 Å². The third-order valence-corrected chi connectivity index (χ3v) is 8.11. The van der Waals surface area contributed by atoms with Crippen molar-refractivity contribution >= 4 is 9.84 Å². The fraction of sp³-hybridized carbons (Fsp3) is 1.00. The van der Waals surface area contributed by atoms with Gasteiger partial charge in [-0.1, -0.05) is 19.3 Å². The highest BCUT2D eigenvalue weighted by Crippen LogP contribution is 2.29. The third-order valence-electron chi connectivity index (χ3n) is 5.85. The molecule has 1 saturated carbocycles. The molecule has 5 heteroatoms. The number of hydrogen-bond donors (Lipinski definition) is 1. The van der Waals surface area contributed by atoms with Crippen LogP contribution < -0.4 is 5.32 Å². The summed E-state index contributed by atoms with van der Waals surface area (Å²) in [6, 6.07) is 1.03. The summed E-state index contributed by atoms with van der Waals surface area (Å²) in [5.41, 5.74) is 0. The maximum Gasteiger partial charge on any atom is 0.154 e. The molecule has 2 heterocycles. The van der Waals surface area contributed by atoms with Crippen LogP contribution in [0.15, 0.2) is 0 Å². The lowest BCUT2D eigenvalue weighted by Crippen LogP contribution is -2.59. The Kier molecular flexibility index (Phi) is 4.91. The van der Waals surface area contributed by atoms with E-state index in [0.29, 0.717) is 17.8 Å². The monoisotopic (exact) mass is 314 g/mol. The molecular formula is C16H30N2O2S. The van der Waals surface area contributed by atoms with E-state index in [0.717, 1.165) is 38.4 Å². The Labute approximate surface area is 129 Å². The van der Waals surface area contributed by atoms with Crippen LogP contribution in [0.2, 0.25) is 0 Å². The van der Waals surface area contributed by atoms with Gasteiger partial charge < -0.3 is 5.32 Å². The predicted molar refractivity (Wildman–Crippen MR) is 86.2 cm³/mol. The molecule has 2 saturated heterocycles. The van der Waals surface area contributed by atoms with Crippen molar-refractivity contribution in [3.05, 3.63) is 0 Å². The van der Waals surface area contributed by atoms with Gasteiger partial charge in [0.05, 0.1) is 11.0 Å². The molecule has 0 amide bonds. The minimum absolute atomic E-state index is 0.106. The maximum absolute atomic E-state index is 12.1. The number of piperazine rings is 1. The molecule has 2 aliphatic heterocycles. The molecule has 0 aromatic carbocycles. The van der Waals surface area contributed by atoms with Crippen LogP contribution in [-0.2, 0) is 9.84 Å². The molecule has 0 spiro atoms. The Morgan fingerprint density at radius 2 is 1.86 bits per heavy atom. The third kappa shape index (κ3) is 3.62. The molecule has 4 nitrogen and oxygen atoms in total. The Morgan fingerprint density at radius 3 is 2.52 bits per heavy atom. The van der Waals surface area contributed by atoms with E-state index in [1.807, 2.05) is 0 Å². The molecule has 1 aliphatic carbocycles. The summed E-state index contributed by atoms with van der Waals surface area (Å²) in [7, 11) is -2.81. The van der Waals surface area contributed by atoms with Crippen LogP contribution in [0.5, 0.6) is 0 Å². The summed E-state index contributed by atoms with van der Waals surface area (Å²) in [6.07, 6.45) is 8.56. The first-order chi connectivity index (χ1) is 10.1. The summed E-state index contributed by atoms with van der Waals surface area (Å²) >= 11 is 0. The largest absolute Gasteiger partial charge is 0.311 e. The second-order valence-corrected chi connectivity index (χ2v) is 9.75. The van der Waals surface area contributed by atoms with Crippen molar-refractivity contribution in [1.29, 1.82) is 0 Å². The molecule has 0 aromatic rings. The first-order valence-electron chi connectivity index (χ1n) is 8.75. The van der Waals surface area contributed by atoms with Gasteiger partial charge in [-0.05, 0) is 38.5 Å². The number of rotatable bonds is 3. The zero-order valence-electron chi connectivity index (χ0n) is 13.3. The zero-order chi connectivity index (χ0) is 14.9. The van der Waals surface area contributed by atoms with Crippen LogP contribution in [0.25, 0.3) is 0 Å². The first kappa shape index (κ1) is 15.8. The van der Waals surface area contributed by atoms with Crippen molar-refractivity contribution in [2.24, 2.45) is 5.92 Å². The number of nitrogens with zero attached hydrogens (tertiary/aromatic N) is 1. The fourth-order valence-corrected chi connectivity index (χ4v) is 6.23. The van der Waals surface area contributed by atoms with Gasteiger partial charge in [-0.2, -0.15) is 0 Å². The normalized spacial score (nSPS) is 38.6. The minimum atomic E-state index is -2.81. The lowest BCUT2D eigenvalue weighted by atomic mass is 9.82. The van der Waals surface area contributed by atoms with Crippen molar-refractivity contribution < 1.29 is 8.42 Å². The lowest BCUT2D eigenvalue weighted by Gasteiger charge is -2.43. The van der Waals surface area contributed by atoms with Gasteiger partial charge >= 0.3 is 0 Å². The summed E-state index contributed by atoms with van der Waals surface area (Å²) in [6.45, 7) is 5.03. The first-order valence-corrected chi connectivity index (χ1v) is 10.5. The number of nitrogens with one attached hydrogen (secondary N) is 1. The molecule has 1 N–H and O–H groups in total. The van der Waals surface area contributed by atoms with Crippen molar-refractivity contribution in [3.8, 4) is 0 Å². The van der Waals surface area contributed by atoms with Crippen LogP contribution in [0.4, 0.5) is 0 Å². The van der Waals surface area contributed by atoms with Crippen molar-refractivity contribution in [2.45, 2.75) is 69.2 Å². The highest BCUT2D eigenvalue weighted by Gasteiger charge is 2.37. The Morgan fingerprint density at radius 1 is 1.10 bits per heavy atom. The van der Waals surface area contributed by atoms with E-state index in [2.05, 4.69) is 17.1 Å². The molecule has 3 atom stereocenters. The SMILES string of the molecule is CC1CNC(C2CCCCC2)CN1CC1CCCS1(=O)=O. The van der Waals surface area contributed by atoms with E-state index in [-0.39, 0.29) is 5.25 Å². The van der Waals surface area contributed by atoms with Gasteiger partial charge in [0, 0.05) is 31.7 Å². The van der Waals surface area contributed by atoms with Gasteiger partial charge in [0.2, 0.25) is 0 Å². The summed E-state index contributed by atoms with van der Waals surface area (Å²) in [4.78, 5) is 2.45. The van der Waals surface area contributed by atoms with Crippen molar-refractivity contribution in [1.82, 2.24) is 10.2 Å². The molecular weight excluding hydrogens is 284 g/mol. The van der Waals surface area contributed by atoms with E-state index in [9.17, 15) is 8.42 Å². The van der Waals surface area contributed by atoms with Gasteiger partial charge in [0.1, 0.15) is 0 Å². The van der Waals surface area contributed by atoms with Crippen LogP contribution in [-0.4, -0.2) is 56.0 Å². The van der Waals surface area contributed by atoms with Crippen LogP contribution in [0.3, 0.4) is 0 Å². The Bertz CT molecular complexity index is 445. The summed E-state index contributed by atoms with van der Waals surface area (Å²) < 4.78 is 24.2. The smallest absolute Gasteiger partial charge is 0.154 e. The standard InChI is InChI=1S/C16H30N2O2S/c1-13-10-17-16(14-6-3-2-4-7-14)12-18(13)11-15-8-5-9-21(15,19)20/h13-17H,2-12H2,1H3. The van der Waals surface area contributed by atoms with Crippen LogP contribution >= 0.6 is 0 Å². The molecule has 3 fully saturated rings. The molecule has 3 rings (SSSR count). The molecule has 3 aliphatic rings. The average molecular weight is 314 g/mol. The molecule has 122 valence electrons. The average Bonchev–Trinajstić information content (AvgIpc) is 2.81. The van der Waals surface area contributed by atoms with Crippen molar-refractivity contribution in [3.63, 3.8) is 0 Å². The van der Waals surface area contributed by atoms with E-state index in [1.54, 1.807) is 0 Å². The van der Waals surface area contributed by atoms with E-state index in [1.165, 1.54) is 32.1 Å². The quantitative estimate of drug-likeness (QED) is 0.863. The summed E-state index contributed by atoms with van der Waals surface area (Å²) in [5.74, 6) is 1.21. The maximum atomic E-state index is 12.1. The zero-order valence-corrected chi connectivity index (χ0v) is 14.1. The van der Waals surface area contributed by atoms with Crippen molar-refractivity contribution in [2.75, 3.05) is 25.4 Å². The number of sulfone groups is 1. The highest BCUT2D eigenvalue weighted by atomic mass is 32.2. The van der Waals surface area contributed by atoms with Gasteiger partial charge in [-0.25, -0.2) is 8.42 Å². The second-order valence-electron chi connectivity index (χ2n) is 7.35. The number of hydrogen-bond acceptors (Lipinski definition) is 4. The highest BCUT2D eigenvalue weighted by molar-refractivity contribution is 7.92.